The second kappa shape index (κ2) is 5.21. The van der Waals surface area contributed by atoms with Crippen LogP contribution >= 0.6 is 11.3 Å². The summed E-state index contributed by atoms with van der Waals surface area (Å²) in [5.41, 5.74) is 7.20. The number of nitrogens with two attached hydrogens (primary N) is 1. The van der Waals surface area contributed by atoms with Crippen molar-refractivity contribution in [1.29, 1.82) is 0 Å². The largest absolute Gasteiger partial charge is 0.497 e. The van der Waals surface area contributed by atoms with E-state index >= 15 is 0 Å². The monoisotopic (exact) mass is 249 g/mol. The van der Waals surface area contributed by atoms with E-state index in [9.17, 15) is 0 Å². The number of benzene rings is 1. The summed E-state index contributed by atoms with van der Waals surface area (Å²) >= 11 is 1.65. The Kier molecular flexibility index (Phi) is 3.66. The van der Waals surface area contributed by atoms with Gasteiger partial charge in [0.25, 0.3) is 0 Å². The van der Waals surface area contributed by atoms with E-state index in [1.807, 2.05) is 35.7 Å². The zero-order valence-corrected chi connectivity index (χ0v) is 10.7. The molecule has 2 N–H and O–H groups in total. The first-order chi connectivity index (χ1) is 8.24. The number of thiophene rings is 1. The van der Waals surface area contributed by atoms with Gasteiger partial charge in [-0.15, -0.1) is 11.3 Å². The predicted octanol–water partition coefficient (Wildman–Crippen LogP) is 2.81. The molecule has 17 heavy (non-hydrogen) atoms. The minimum absolute atomic E-state index is 0.140. The van der Waals surface area contributed by atoms with Crippen LogP contribution in [0.4, 0.5) is 0 Å². The molecule has 0 aliphatic carbocycles. The quantitative estimate of drug-likeness (QED) is 0.906. The Morgan fingerprint density at radius 2 is 1.76 bits per heavy atom. The molecule has 90 valence electrons. The van der Waals surface area contributed by atoms with E-state index in [4.69, 9.17) is 15.2 Å². The van der Waals surface area contributed by atoms with Crippen LogP contribution in [0.15, 0.2) is 35.7 Å². The SMILES string of the molecule is COc1cc(OC)cc(C(N)c2cccs2)c1. The van der Waals surface area contributed by atoms with E-state index in [2.05, 4.69) is 0 Å². The van der Waals surface area contributed by atoms with Crippen molar-refractivity contribution in [3.05, 3.63) is 46.2 Å². The number of hydrogen-bond donors (Lipinski definition) is 1. The van der Waals surface area contributed by atoms with Crippen molar-refractivity contribution in [1.82, 2.24) is 0 Å². The maximum atomic E-state index is 6.21. The maximum Gasteiger partial charge on any atom is 0.122 e. The Morgan fingerprint density at radius 3 is 2.24 bits per heavy atom. The molecule has 0 radical (unpaired) electrons. The summed E-state index contributed by atoms with van der Waals surface area (Å²) < 4.78 is 10.5. The van der Waals surface area contributed by atoms with Crippen LogP contribution in [0.25, 0.3) is 0 Å². The number of hydrogen-bond acceptors (Lipinski definition) is 4. The smallest absolute Gasteiger partial charge is 0.122 e. The Labute approximate surface area is 105 Å². The molecule has 0 fully saturated rings. The number of methoxy groups -OCH3 is 2. The van der Waals surface area contributed by atoms with E-state index in [0.717, 1.165) is 21.9 Å². The van der Waals surface area contributed by atoms with Gasteiger partial charge in [0.2, 0.25) is 0 Å². The zero-order chi connectivity index (χ0) is 12.3. The molecule has 1 atom stereocenters. The Bertz CT molecular complexity index is 460. The fraction of sp³-hybridized carbons (Fsp3) is 0.231. The fourth-order valence-corrected chi connectivity index (χ4v) is 2.40. The van der Waals surface area contributed by atoms with Gasteiger partial charge in [0.1, 0.15) is 11.5 Å². The lowest BCUT2D eigenvalue weighted by atomic mass is 10.1. The van der Waals surface area contributed by atoms with E-state index in [1.165, 1.54) is 0 Å². The summed E-state index contributed by atoms with van der Waals surface area (Å²) in [6, 6.07) is 9.60. The van der Waals surface area contributed by atoms with Crippen LogP contribution in [-0.2, 0) is 0 Å². The zero-order valence-electron chi connectivity index (χ0n) is 9.84. The topological polar surface area (TPSA) is 44.5 Å². The van der Waals surface area contributed by atoms with Gasteiger partial charge < -0.3 is 15.2 Å². The van der Waals surface area contributed by atoms with Crippen molar-refractivity contribution in [3.63, 3.8) is 0 Å². The van der Waals surface area contributed by atoms with Crippen molar-refractivity contribution >= 4 is 11.3 Å². The first-order valence-corrected chi connectivity index (χ1v) is 6.14. The third-order valence-electron chi connectivity index (χ3n) is 2.58. The highest BCUT2D eigenvalue weighted by molar-refractivity contribution is 7.10. The van der Waals surface area contributed by atoms with Gasteiger partial charge in [0.05, 0.1) is 20.3 Å². The Hall–Kier alpha value is -1.52. The average molecular weight is 249 g/mol. The van der Waals surface area contributed by atoms with E-state index in [0.29, 0.717) is 0 Å². The molecule has 0 aliphatic rings. The molecule has 1 unspecified atom stereocenters. The van der Waals surface area contributed by atoms with Gasteiger partial charge in [-0.05, 0) is 29.1 Å². The van der Waals surface area contributed by atoms with Gasteiger partial charge >= 0.3 is 0 Å². The third kappa shape index (κ3) is 2.60. The molecule has 4 heteroatoms. The van der Waals surface area contributed by atoms with Gasteiger partial charge in [0.15, 0.2) is 0 Å². The van der Waals surface area contributed by atoms with Gasteiger partial charge in [0, 0.05) is 10.9 Å². The van der Waals surface area contributed by atoms with Crippen LogP contribution in [0.5, 0.6) is 11.5 Å². The molecule has 0 amide bonds. The molecular weight excluding hydrogens is 234 g/mol. The molecule has 2 rings (SSSR count). The molecule has 1 aromatic carbocycles. The van der Waals surface area contributed by atoms with E-state index in [1.54, 1.807) is 25.6 Å². The summed E-state index contributed by atoms with van der Waals surface area (Å²) in [5.74, 6) is 1.51. The van der Waals surface area contributed by atoms with E-state index < -0.39 is 0 Å². The molecule has 3 nitrogen and oxygen atoms in total. The van der Waals surface area contributed by atoms with Crippen LogP contribution in [0.3, 0.4) is 0 Å². The summed E-state index contributed by atoms with van der Waals surface area (Å²) in [6.45, 7) is 0. The standard InChI is InChI=1S/C13H15NO2S/c1-15-10-6-9(7-11(8-10)16-2)13(14)12-4-3-5-17-12/h3-8,13H,14H2,1-2H3. The minimum Gasteiger partial charge on any atom is -0.497 e. The van der Waals surface area contributed by atoms with Crippen molar-refractivity contribution in [3.8, 4) is 11.5 Å². The molecular formula is C13H15NO2S. The highest BCUT2D eigenvalue weighted by Crippen LogP contribution is 2.30. The highest BCUT2D eigenvalue weighted by atomic mass is 32.1. The molecule has 0 spiro atoms. The molecule has 0 saturated carbocycles. The molecule has 0 saturated heterocycles. The summed E-state index contributed by atoms with van der Waals surface area (Å²) in [6.07, 6.45) is 0. The minimum atomic E-state index is -0.140. The molecule has 0 aliphatic heterocycles. The van der Waals surface area contributed by atoms with Crippen molar-refractivity contribution in [2.24, 2.45) is 5.73 Å². The first kappa shape index (κ1) is 12.0. The van der Waals surface area contributed by atoms with Crippen molar-refractivity contribution in [2.75, 3.05) is 14.2 Å². The van der Waals surface area contributed by atoms with Crippen LogP contribution in [0.1, 0.15) is 16.5 Å². The van der Waals surface area contributed by atoms with Crippen LogP contribution in [-0.4, -0.2) is 14.2 Å². The van der Waals surface area contributed by atoms with Gasteiger partial charge in [-0.2, -0.15) is 0 Å². The van der Waals surface area contributed by atoms with Gasteiger partial charge in [-0.25, -0.2) is 0 Å². The Balaban J connectivity index is 2.37. The van der Waals surface area contributed by atoms with Crippen molar-refractivity contribution < 1.29 is 9.47 Å². The summed E-state index contributed by atoms with van der Waals surface area (Å²) in [7, 11) is 3.27. The molecule has 1 heterocycles. The average Bonchev–Trinajstić information content (AvgIpc) is 2.91. The molecule has 0 bridgehead atoms. The first-order valence-electron chi connectivity index (χ1n) is 5.26. The van der Waals surface area contributed by atoms with E-state index in [-0.39, 0.29) is 6.04 Å². The third-order valence-corrected chi connectivity index (χ3v) is 3.54. The lowest BCUT2D eigenvalue weighted by Crippen LogP contribution is -2.10. The summed E-state index contributed by atoms with van der Waals surface area (Å²) in [4.78, 5) is 1.13. The summed E-state index contributed by atoms with van der Waals surface area (Å²) in [5, 5.41) is 2.02. The molecule has 1 aromatic heterocycles. The second-order valence-electron chi connectivity index (χ2n) is 3.64. The second-order valence-corrected chi connectivity index (χ2v) is 4.62. The number of ether oxygens (including phenoxy) is 2. The predicted molar refractivity (Wildman–Crippen MR) is 69.9 cm³/mol. The lowest BCUT2D eigenvalue weighted by Gasteiger charge is -2.13. The normalized spacial score (nSPS) is 12.2. The molecule has 2 aromatic rings. The number of rotatable bonds is 4. The van der Waals surface area contributed by atoms with Crippen LogP contribution in [0.2, 0.25) is 0 Å². The maximum absolute atomic E-state index is 6.21. The van der Waals surface area contributed by atoms with Gasteiger partial charge in [-0.3, -0.25) is 0 Å². The van der Waals surface area contributed by atoms with Crippen LogP contribution in [0, 0.1) is 0 Å². The Morgan fingerprint density at radius 1 is 1.12 bits per heavy atom. The fourth-order valence-electron chi connectivity index (χ4n) is 1.64. The highest BCUT2D eigenvalue weighted by Gasteiger charge is 2.12. The lowest BCUT2D eigenvalue weighted by molar-refractivity contribution is 0.393. The van der Waals surface area contributed by atoms with Crippen molar-refractivity contribution in [2.45, 2.75) is 6.04 Å². The van der Waals surface area contributed by atoms with Gasteiger partial charge in [-0.1, -0.05) is 6.07 Å². The van der Waals surface area contributed by atoms with Crippen LogP contribution < -0.4 is 15.2 Å².